The van der Waals surface area contributed by atoms with Crippen molar-refractivity contribution in [3.05, 3.63) is 150 Å². The van der Waals surface area contributed by atoms with Gasteiger partial charge in [0, 0.05) is 23.4 Å². The summed E-state index contributed by atoms with van der Waals surface area (Å²) in [5.74, 6) is 0. The second-order valence-electron chi connectivity index (χ2n) is 12.0. The maximum atomic E-state index is 3.47. The topological polar surface area (TPSA) is 3.88 Å². The lowest BCUT2D eigenvalue weighted by molar-refractivity contribution is -0.697. The Morgan fingerprint density at radius 2 is 0.935 bits per heavy atom. The van der Waals surface area contributed by atoms with Gasteiger partial charge in [-0.05, 0) is 90.8 Å². The van der Waals surface area contributed by atoms with Crippen LogP contribution in [0.2, 0.25) is 0 Å². The minimum Gasteiger partial charge on any atom is -1.00 e. The van der Waals surface area contributed by atoms with Gasteiger partial charge in [0.05, 0.1) is 0 Å². The molecule has 0 amide bonds. The SMILES string of the molecule is BrCCCCCc1ccc(-c2ccccc2)cc1.CCCCc1ccc[n+](CCCCCc2ccc(-c3ccccc3)cc2)c1.[Br-]. The lowest BCUT2D eigenvalue weighted by atomic mass is 10.0. The van der Waals surface area contributed by atoms with Gasteiger partial charge in [-0.2, -0.15) is 0 Å². The van der Waals surface area contributed by atoms with Gasteiger partial charge in [-0.3, -0.25) is 0 Å². The molecule has 0 aliphatic heterocycles. The Morgan fingerprint density at radius 1 is 0.457 bits per heavy atom. The van der Waals surface area contributed by atoms with E-state index in [9.17, 15) is 0 Å². The van der Waals surface area contributed by atoms with Gasteiger partial charge in [0.2, 0.25) is 0 Å². The van der Waals surface area contributed by atoms with Crippen LogP contribution in [0.5, 0.6) is 0 Å². The number of aromatic nitrogens is 1. The molecule has 1 nitrogen and oxygen atoms in total. The van der Waals surface area contributed by atoms with E-state index in [-0.39, 0.29) is 17.0 Å². The molecular weight excluding hydrogens is 690 g/mol. The number of rotatable bonds is 16. The number of hydrogen-bond donors (Lipinski definition) is 0. The van der Waals surface area contributed by atoms with Gasteiger partial charge in [0.15, 0.2) is 12.4 Å². The Labute approximate surface area is 298 Å². The first-order valence-corrected chi connectivity index (χ1v) is 18.2. The number of nitrogens with zero attached hydrogens (tertiary/aromatic N) is 1. The average Bonchev–Trinajstić information content (AvgIpc) is 3.11. The average molecular weight is 742 g/mol. The standard InChI is InChI=1S/C26H32N.C17H19Br.BrH/c1-2-3-11-24-13-10-21-27(22-24)20-9-5-6-12-23-16-18-26(19-17-23)25-14-7-4-8-15-25;18-14-6-2-3-7-15-10-12-17(13-11-15)16-8-4-1-5-9-16;/h4,7-8,10,13-19,21-22H,2-3,5-6,9,11-12,20H2,1H3;1,4-5,8-13H,2-3,6-7,14H2;1H/q+1;;/p-1. The van der Waals surface area contributed by atoms with E-state index in [0.717, 1.165) is 11.9 Å². The summed E-state index contributed by atoms with van der Waals surface area (Å²) in [6, 6.07) is 43.7. The number of pyridine rings is 1. The number of halogens is 2. The third-order valence-corrected chi connectivity index (χ3v) is 8.90. The molecule has 5 rings (SSSR count). The van der Waals surface area contributed by atoms with Gasteiger partial charge in [-0.15, -0.1) is 0 Å². The molecule has 5 aromatic rings. The predicted octanol–water partition coefficient (Wildman–Crippen LogP) is 8.86. The van der Waals surface area contributed by atoms with E-state index < -0.39 is 0 Å². The molecule has 0 bridgehead atoms. The zero-order chi connectivity index (χ0) is 31.4. The lowest BCUT2D eigenvalue weighted by Crippen LogP contribution is -3.00. The molecule has 1 aromatic heterocycles. The van der Waals surface area contributed by atoms with Crippen LogP contribution in [0.3, 0.4) is 0 Å². The normalized spacial score (nSPS) is 10.5. The van der Waals surface area contributed by atoms with Gasteiger partial charge in [-0.1, -0.05) is 145 Å². The minimum atomic E-state index is 0. The second kappa shape index (κ2) is 22.5. The van der Waals surface area contributed by atoms with Crippen LogP contribution in [0.15, 0.2) is 134 Å². The molecule has 0 unspecified atom stereocenters. The van der Waals surface area contributed by atoms with Crippen molar-refractivity contribution >= 4 is 15.9 Å². The maximum Gasteiger partial charge on any atom is 0.171 e. The van der Waals surface area contributed by atoms with Crippen molar-refractivity contribution in [3.8, 4) is 22.3 Å². The number of hydrogen-bond acceptors (Lipinski definition) is 0. The smallest absolute Gasteiger partial charge is 0.171 e. The molecule has 1 heterocycles. The van der Waals surface area contributed by atoms with Crippen molar-refractivity contribution in [1.29, 1.82) is 0 Å². The molecule has 0 radical (unpaired) electrons. The molecule has 0 aliphatic rings. The van der Waals surface area contributed by atoms with Crippen molar-refractivity contribution in [2.45, 2.75) is 84.1 Å². The summed E-state index contributed by atoms with van der Waals surface area (Å²) in [5, 5.41) is 1.12. The first-order valence-electron chi connectivity index (χ1n) is 17.1. The van der Waals surface area contributed by atoms with Crippen LogP contribution in [0.25, 0.3) is 22.3 Å². The highest BCUT2D eigenvalue weighted by atomic mass is 79.9. The van der Waals surface area contributed by atoms with Crippen molar-refractivity contribution in [1.82, 2.24) is 0 Å². The van der Waals surface area contributed by atoms with Gasteiger partial charge < -0.3 is 17.0 Å². The molecule has 0 fully saturated rings. The minimum absolute atomic E-state index is 0. The highest BCUT2D eigenvalue weighted by molar-refractivity contribution is 9.09. The number of benzene rings is 4. The van der Waals surface area contributed by atoms with E-state index in [1.165, 1.54) is 110 Å². The third-order valence-electron chi connectivity index (χ3n) is 8.34. The van der Waals surface area contributed by atoms with Crippen molar-refractivity contribution in [3.63, 3.8) is 0 Å². The fraction of sp³-hybridized carbons (Fsp3) is 0.326. The van der Waals surface area contributed by atoms with Gasteiger partial charge in [-0.25, -0.2) is 4.57 Å². The van der Waals surface area contributed by atoms with E-state index in [2.05, 4.69) is 161 Å². The summed E-state index contributed by atoms with van der Waals surface area (Å²) in [6.45, 7) is 3.39. The Balaban J connectivity index is 0.000000265. The van der Waals surface area contributed by atoms with E-state index in [1.807, 2.05) is 0 Å². The van der Waals surface area contributed by atoms with Crippen molar-refractivity contribution in [2.75, 3.05) is 5.33 Å². The summed E-state index contributed by atoms with van der Waals surface area (Å²) in [6.07, 6.45) is 18.3. The molecule has 3 heteroatoms. The molecule has 0 aliphatic carbocycles. The number of aryl methyl sites for hydroxylation is 4. The summed E-state index contributed by atoms with van der Waals surface area (Å²) in [4.78, 5) is 0. The molecular formula is C43H51Br2N. The zero-order valence-corrected chi connectivity index (χ0v) is 30.8. The molecule has 0 spiro atoms. The van der Waals surface area contributed by atoms with Crippen LogP contribution in [0.4, 0.5) is 0 Å². The van der Waals surface area contributed by atoms with Crippen LogP contribution in [0.1, 0.15) is 75.0 Å². The highest BCUT2D eigenvalue weighted by Gasteiger charge is 2.04. The number of alkyl halides is 1. The van der Waals surface area contributed by atoms with Crippen LogP contribution in [0, 0.1) is 0 Å². The summed E-state index contributed by atoms with van der Waals surface area (Å²) in [5.41, 5.74) is 9.56. The summed E-state index contributed by atoms with van der Waals surface area (Å²) < 4.78 is 2.36. The first kappa shape index (κ1) is 37.4. The van der Waals surface area contributed by atoms with Crippen LogP contribution >= 0.6 is 15.9 Å². The lowest BCUT2D eigenvalue weighted by Gasteiger charge is -2.05. The van der Waals surface area contributed by atoms with E-state index >= 15 is 0 Å². The van der Waals surface area contributed by atoms with E-state index in [0.29, 0.717) is 0 Å². The van der Waals surface area contributed by atoms with Crippen LogP contribution in [-0.2, 0) is 25.8 Å². The molecule has 0 saturated heterocycles. The molecule has 4 aromatic carbocycles. The summed E-state index contributed by atoms with van der Waals surface area (Å²) in [7, 11) is 0. The van der Waals surface area contributed by atoms with Crippen molar-refractivity contribution in [2.24, 2.45) is 0 Å². The van der Waals surface area contributed by atoms with Gasteiger partial charge in [0.25, 0.3) is 0 Å². The Kier molecular flexibility index (Phi) is 18.3. The monoisotopic (exact) mass is 739 g/mol. The molecule has 0 N–H and O–H groups in total. The maximum absolute atomic E-state index is 3.47. The Bertz CT molecular complexity index is 1470. The summed E-state index contributed by atoms with van der Waals surface area (Å²) >= 11 is 3.47. The fourth-order valence-electron chi connectivity index (χ4n) is 5.63. The quantitative estimate of drug-likeness (QED) is 0.0541. The molecule has 46 heavy (non-hydrogen) atoms. The molecule has 242 valence electrons. The first-order chi connectivity index (χ1) is 22.2. The van der Waals surface area contributed by atoms with E-state index in [1.54, 1.807) is 0 Å². The molecule has 0 atom stereocenters. The largest absolute Gasteiger partial charge is 1.00 e. The zero-order valence-electron chi connectivity index (χ0n) is 27.6. The van der Waals surface area contributed by atoms with E-state index in [4.69, 9.17) is 0 Å². The number of unbranched alkanes of at least 4 members (excludes halogenated alkanes) is 5. The van der Waals surface area contributed by atoms with Gasteiger partial charge >= 0.3 is 0 Å². The van der Waals surface area contributed by atoms with Crippen LogP contribution in [-0.4, -0.2) is 5.33 Å². The molecule has 0 saturated carbocycles. The third kappa shape index (κ3) is 13.8. The predicted molar refractivity (Wildman–Crippen MR) is 198 cm³/mol. The van der Waals surface area contributed by atoms with Gasteiger partial charge in [0.1, 0.15) is 6.54 Å². The van der Waals surface area contributed by atoms with Crippen molar-refractivity contribution < 1.29 is 21.5 Å². The second-order valence-corrected chi connectivity index (χ2v) is 12.8. The van der Waals surface area contributed by atoms with Crippen LogP contribution < -0.4 is 21.5 Å². The Hall–Kier alpha value is -3.01. The Morgan fingerprint density at radius 3 is 1.43 bits per heavy atom. The highest BCUT2D eigenvalue weighted by Crippen LogP contribution is 2.21. The fourth-order valence-corrected chi connectivity index (χ4v) is 6.03.